The number of aliphatic imine (C=N–C) groups is 1. The van der Waals surface area contributed by atoms with E-state index in [4.69, 9.17) is 5.26 Å². The second-order valence-corrected chi connectivity index (χ2v) is 9.13. The van der Waals surface area contributed by atoms with Crippen LogP contribution in [0.3, 0.4) is 0 Å². The Labute approximate surface area is 204 Å². The van der Waals surface area contributed by atoms with Gasteiger partial charge in [0, 0.05) is 12.6 Å². The number of aromatic amines is 1. The van der Waals surface area contributed by atoms with Crippen molar-refractivity contribution in [1.29, 1.82) is 5.26 Å². The first-order valence-electron chi connectivity index (χ1n) is 9.80. The molecule has 0 saturated carbocycles. The summed E-state index contributed by atoms with van der Waals surface area (Å²) < 4.78 is 33.2. The first-order chi connectivity index (χ1) is 16.6. The summed E-state index contributed by atoms with van der Waals surface area (Å²) in [7, 11) is -4.42. The van der Waals surface area contributed by atoms with Crippen molar-refractivity contribution in [2.24, 2.45) is 15.2 Å². The molecule has 1 heterocycles. The maximum absolute atomic E-state index is 12.0. The first kappa shape index (κ1) is 25.6. The molecule has 1 aliphatic carbocycles. The smallest absolute Gasteiger partial charge is 0.295 e. The van der Waals surface area contributed by atoms with Crippen LogP contribution < -0.4 is 10.9 Å². The van der Waals surface area contributed by atoms with E-state index in [1.165, 1.54) is 6.21 Å². The van der Waals surface area contributed by atoms with Crippen LogP contribution in [-0.4, -0.2) is 40.5 Å². The molecule has 2 aromatic rings. The lowest BCUT2D eigenvalue weighted by molar-refractivity contribution is 0.453. The van der Waals surface area contributed by atoms with Gasteiger partial charge in [-0.1, -0.05) is 24.3 Å². The van der Waals surface area contributed by atoms with E-state index in [1.54, 1.807) is 55.8 Å². The number of nitrogens with zero attached hydrogens (tertiary/aromatic N) is 5. The molecule has 35 heavy (non-hydrogen) atoms. The average molecular weight is 514 g/mol. The van der Waals surface area contributed by atoms with Gasteiger partial charge in [-0.05, 0) is 36.5 Å². The van der Waals surface area contributed by atoms with Gasteiger partial charge in [-0.2, -0.15) is 23.8 Å². The molecule has 180 valence electrons. The van der Waals surface area contributed by atoms with Gasteiger partial charge in [-0.15, -0.1) is 16.9 Å². The Kier molecular flexibility index (Phi) is 7.97. The summed E-state index contributed by atoms with van der Waals surface area (Å²) in [5.41, 5.74) is 0.751. The lowest BCUT2D eigenvalue weighted by Crippen LogP contribution is -2.10. The highest BCUT2D eigenvalue weighted by atomic mass is 32.2. The highest BCUT2D eigenvalue weighted by molar-refractivity contribution is 7.99. The van der Waals surface area contributed by atoms with E-state index in [9.17, 15) is 22.9 Å². The van der Waals surface area contributed by atoms with Gasteiger partial charge in [-0.25, -0.2) is 0 Å². The molecule has 0 bridgehead atoms. The zero-order chi connectivity index (χ0) is 25.6. The Bertz CT molecular complexity index is 1510. The predicted molar refractivity (Wildman–Crippen MR) is 131 cm³/mol. The number of rotatable bonds is 7. The Morgan fingerprint density at radius 2 is 2.09 bits per heavy atom. The van der Waals surface area contributed by atoms with Gasteiger partial charge in [0.05, 0.1) is 16.3 Å². The highest BCUT2D eigenvalue weighted by Crippen LogP contribution is 2.36. The predicted octanol–water partition coefficient (Wildman–Crippen LogP) is 3.90. The van der Waals surface area contributed by atoms with Crippen LogP contribution in [0.15, 0.2) is 77.5 Å². The topological polar surface area (TPSA) is 193 Å². The minimum absolute atomic E-state index is 0.170. The summed E-state index contributed by atoms with van der Waals surface area (Å²) in [5, 5.41) is 28.3. The van der Waals surface area contributed by atoms with Crippen molar-refractivity contribution in [3.63, 3.8) is 0 Å². The Morgan fingerprint density at radius 1 is 1.31 bits per heavy atom. The molecule has 0 radical (unpaired) electrons. The number of hydrogen-bond donors (Lipinski definition) is 4. The van der Waals surface area contributed by atoms with Crippen LogP contribution in [0.25, 0.3) is 0 Å². The molecule has 0 atom stereocenters. The largest absolute Gasteiger partial charge is 0.491 e. The minimum Gasteiger partial charge on any atom is -0.491 e. The molecular weight excluding hydrogens is 494 g/mol. The van der Waals surface area contributed by atoms with E-state index in [1.807, 2.05) is 0 Å². The maximum Gasteiger partial charge on any atom is 0.295 e. The number of allylic oxidation sites excluding steroid dienone is 5. The number of aryl methyl sites for hydroxylation is 1. The molecule has 12 nitrogen and oxygen atoms in total. The van der Waals surface area contributed by atoms with Crippen molar-refractivity contribution in [2.75, 3.05) is 11.6 Å². The SMILES string of the molecule is CSc1c(N=CC2=CC=C(N=Nc3c(O)nc(NC#N)[nH]c3=O)CC=C2)ccc(C)c1S(=O)(=O)O. The van der Waals surface area contributed by atoms with E-state index >= 15 is 0 Å². The highest BCUT2D eigenvalue weighted by Gasteiger charge is 2.21. The lowest BCUT2D eigenvalue weighted by Gasteiger charge is -2.10. The third-order valence-electron chi connectivity index (χ3n) is 4.54. The molecule has 0 spiro atoms. The number of thioether (sulfide) groups is 1. The fourth-order valence-corrected chi connectivity index (χ4v) is 5.03. The normalized spacial score (nSPS) is 14.0. The van der Waals surface area contributed by atoms with Crippen LogP contribution in [-0.2, 0) is 10.1 Å². The van der Waals surface area contributed by atoms with Crippen molar-refractivity contribution < 1.29 is 18.1 Å². The molecule has 4 N–H and O–H groups in total. The third-order valence-corrected chi connectivity index (χ3v) is 6.53. The minimum atomic E-state index is -4.42. The van der Waals surface area contributed by atoms with Crippen molar-refractivity contribution in [2.45, 2.75) is 23.1 Å². The van der Waals surface area contributed by atoms with E-state index in [-0.39, 0.29) is 10.8 Å². The van der Waals surface area contributed by atoms with Crippen molar-refractivity contribution >= 4 is 45.4 Å². The molecule has 1 aliphatic rings. The summed E-state index contributed by atoms with van der Waals surface area (Å²) in [6.07, 6.45) is 12.1. The number of hydrogen-bond acceptors (Lipinski definition) is 11. The Morgan fingerprint density at radius 3 is 2.74 bits per heavy atom. The van der Waals surface area contributed by atoms with Crippen LogP contribution in [0.2, 0.25) is 0 Å². The van der Waals surface area contributed by atoms with Gasteiger partial charge in [0.1, 0.15) is 4.90 Å². The maximum atomic E-state index is 12.0. The number of benzene rings is 1. The van der Waals surface area contributed by atoms with Gasteiger partial charge >= 0.3 is 0 Å². The fourth-order valence-electron chi connectivity index (χ4n) is 2.98. The van der Waals surface area contributed by atoms with Gasteiger partial charge < -0.3 is 5.11 Å². The second-order valence-electron chi connectivity index (χ2n) is 6.95. The number of aromatic nitrogens is 2. The summed E-state index contributed by atoms with van der Waals surface area (Å²) in [6.45, 7) is 1.59. The first-order valence-corrected chi connectivity index (χ1v) is 12.5. The quantitative estimate of drug-likeness (QED) is 0.106. The number of anilines is 1. The summed E-state index contributed by atoms with van der Waals surface area (Å²) in [6, 6.07) is 3.23. The molecule has 14 heteroatoms. The Balaban J connectivity index is 1.86. The fraction of sp³-hybridized carbons (Fsp3) is 0.143. The molecular formula is C21H19N7O5S2. The Hall–Kier alpha value is -4.06. The van der Waals surface area contributed by atoms with Gasteiger partial charge in [0.15, 0.2) is 6.19 Å². The molecule has 0 unspecified atom stereocenters. The molecule has 0 amide bonds. The molecule has 3 rings (SSSR count). The molecule has 0 aliphatic heterocycles. The molecule has 0 saturated heterocycles. The third kappa shape index (κ3) is 6.29. The van der Waals surface area contributed by atoms with Crippen LogP contribution in [0, 0.1) is 18.4 Å². The summed E-state index contributed by atoms with van der Waals surface area (Å²) >= 11 is 1.16. The van der Waals surface area contributed by atoms with E-state index in [0.717, 1.165) is 11.8 Å². The van der Waals surface area contributed by atoms with Crippen LogP contribution in [0.4, 0.5) is 17.3 Å². The number of nitrogens with one attached hydrogen (secondary N) is 2. The van der Waals surface area contributed by atoms with Crippen LogP contribution in [0.5, 0.6) is 5.88 Å². The zero-order valence-corrected chi connectivity index (χ0v) is 20.1. The van der Waals surface area contributed by atoms with E-state index in [2.05, 4.69) is 30.5 Å². The van der Waals surface area contributed by atoms with Crippen molar-refractivity contribution in [3.05, 3.63) is 63.6 Å². The van der Waals surface area contributed by atoms with Gasteiger partial charge in [0.25, 0.3) is 15.7 Å². The van der Waals surface area contributed by atoms with Crippen LogP contribution >= 0.6 is 11.8 Å². The van der Waals surface area contributed by atoms with Crippen LogP contribution in [0.1, 0.15) is 12.0 Å². The second kappa shape index (κ2) is 10.9. The average Bonchev–Trinajstić information content (AvgIpc) is 3.02. The summed E-state index contributed by atoms with van der Waals surface area (Å²) in [4.78, 5) is 22.4. The van der Waals surface area contributed by atoms with E-state index in [0.29, 0.717) is 33.8 Å². The van der Waals surface area contributed by atoms with Crippen molar-refractivity contribution in [1.82, 2.24) is 9.97 Å². The number of nitriles is 1. The lowest BCUT2D eigenvalue weighted by atomic mass is 10.2. The number of H-pyrrole nitrogens is 1. The van der Waals surface area contributed by atoms with Gasteiger partial charge in [0.2, 0.25) is 17.5 Å². The van der Waals surface area contributed by atoms with E-state index < -0.39 is 27.2 Å². The molecule has 0 fully saturated rings. The monoisotopic (exact) mass is 513 g/mol. The van der Waals surface area contributed by atoms with Crippen molar-refractivity contribution in [3.8, 4) is 12.1 Å². The molecule has 1 aromatic heterocycles. The number of aromatic hydroxyl groups is 1. The molecule has 1 aromatic carbocycles. The number of azo groups is 1. The standard InChI is InChI=1S/C21H19N7O5S2/c1-12-6-9-15(17(34-2)18(12)35(31,32)33)23-10-13-4-3-5-14(8-7-13)27-28-16-19(29)25-21(24-11-22)26-20(16)30/h3-4,6-10H,5H2,1-2H3,(H,31,32,33)(H3,24,25,26,29,30). The summed E-state index contributed by atoms with van der Waals surface area (Å²) in [5.74, 6) is -0.908. The zero-order valence-electron chi connectivity index (χ0n) is 18.4. The van der Waals surface area contributed by atoms with Gasteiger partial charge in [-0.3, -0.25) is 24.6 Å².